The van der Waals surface area contributed by atoms with Crippen LogP contribution in [0.15, 0.2) is 12.4 Å². The summed E-state index contributed by atoms with van der Waals surface area (Å²) in [6.07, 6.45) is 5.79. The minimum atomic E-state index is 0.287. The summed E-state index contributed by atoms with van der Waals surface area (Å²) in [7, 11) is 0. The summed E-state index contributed by atoms with van der Waals surface area (Å²) in [5.74, 6) is 0. The quantitative estimate of drug-likeness (QED) is 0.647. The van der Waals surface area contributed by atoms with Gasteiger partial charge in [-0.3, -0.25) is 5.10 Å². The second-order valence-electron chi connectivity index (χ2n) is 2.62. The molecule has 1 rings (SSSR count). The van der Waals surface area contributed by atoms with E-state index in [2.05, 4.69) is 10.2 Å². The van der Waals surface area contributed by atoms with Crippen molar-refractivity contribution >= 4 is 0 Å². The van der Waals surface area contributed by atoms with E-state index in [1.807, 2.05) is 19.3 Å². The van der Waals surface area contributed by atoms with E-state index in [0.717, 1.165) is 12.8 Å². The fourth-order valence-corrected chi connectivity index (χ4v) is 0.809. The van der Waals surface area contributed by atoms with Gasteiger partial charge in [0.05, 0.1) is 6.20 Å². The van der Waals surface area contributed by atoms with Crippen LogP contribution in [-0.2, 0) is 6.42 Å². The van der Waals surface area contributed by atoms with Crippen molar-refractivity contribution in [3.63, 3.8) is 0 Å². The molecule has 1 aromatic rings. The number of H-pyrrole nitrogens is 1. The van der Waals surface area contributed by atoms with Gasteiger partial charge in [0.15, 0.2) is 0 Å². The Kier molecular flexibility index (Phi) is 2.45. The molecule has 3 N–H and O–H groups in total. The van der Waals surface area contributed by atoms with E-state index in [9.17, 15) is 0 Å². The number of nitrogens with two attached hydrogens (primary N) is 1. The van der Waals surface area contributed by atoms with E-state index in [4.69, 9.17) is 5.73 Å². The van der Waals surface area contributed by atoms with Gasteiger partial charge in [-0.25, -0.2) is 0 Å². The molecule has 1 heterocycles. The molecule has 0 saturated carbocycles. The van der Waals surface area contributed by atoms with E-state index < -0.39 is 0 Å². The topological polar surface area (TPSA) is 54.7 Å². The van der Waals surface area contributed by atoms with Crippen molar-refractivity contribution in [1.29, 1.82) is 0 Å². The summed E-state index contributed by atoms with van der Waals surface area (Å²) in [5.41, 5.74) is 6.81. The van der Waals surface area contributed by atoms with Gasteiger partial charge in [0.2, 0.25) is 0 Å². The highest BCUT2D eigenvalue weighted by Crippen LogP contribution is 1.99. The fraction of sp³-hybridized carbons (Fsp3) is 0.571. The van der Waals surface area contributed by atoms with Gasteiger partial charge in [-0.05, 0) is 25.3 Å². The maximum absolute atomic E-state index is 5.58. The summed E-state index contributed by atoms with van der Waals surface area (Å²) in [6.45, 7) is 2.01. The van der Waals surface area contributed by atoms with Crippen LogP contribution in [-0.4, -0.2) is 16.2 Å². The summed E-state index contributed by atoms with van der Waals surface area (Å²) in [6, 6.07) is 0.287. The smallest absolute Gasteiger partial charge is 0.0519 e. The molecule has 3 nitrogen and oxygen atoms in total. The number of nitrogens with one attached hydrogen (secondary N) is 1. The van der Waals surface area contributed by atoms with Crippen molar-refractivity contribution < 1.29 is 0 Å². The van der Waals surface area contributed by atoms with Crippen LogP contribution in [0.5, 0.6) is 0 Å². The highest BCUT2D eigenvalue weighted by molar-refractivity contribution is 5.02. The molecule has 0 aliphatic rings. The average molecular weight is 139 g/mol. The van der Waals surface area contributed by atoms with E-state index in [1.54, 1.807) is 0 Å². The van der Waals surface area contributed by atoms with Crippen LogP contribution in [0.3, 0.4) is 0 Å². The number of hydrogen-bond acceptors (Lipinski definition) is 2. The van der Waals surface area contributed by atoms with Crippen molar-refractivity contribution in [1.82, 2.24) is 10.2 Å². The van der Waals surface area contributed by atoms with E-state index in [0.29, 0.717) is 0 Å². The van der Waals surface area contributed by atoms with Crippen molar-refractivity contribution in [2.45, 2.75) is 25.8 Å². The van der Waals surface area contributed by atoms with E-state index in [-0.39, 0.29) is 6.04 Å². The summed E-state index contributed by atoms with van der Waals surface area (Å²) < 4.78 is 0. The molecule has 0 saturated heterocycles. The predicted octanol–water partition coefficient (Wildman–Crippen LogP) is 0.690. The Hall–Kier alpha value is -0.830. The third kappa shape index (κ3) is 2.19. The lowest BCUT2D eigenvalue weighted by atomic mass is 10.1. The molecule has 0 aromatic carbocycles. The first kappa shape index (κ1) is 7.28. The molecule has 1 unspecified atom stereocenters. The van der Waals surface area contributed by atoms with Gasteiger partial charge >= 0.3 is 0 Å². The van der Waals surface area contributed by atoms with E-state index in [1.165, 1.54) is 5.56 Å². The zero-order valence-corrected chi connectivity index (χ0v) is 6.17. The first-order valence-electron chi connectivity index (χ1n) is 3.52. The maximum atomic E-state index is 5.58. The number of hydrogen-bond donors (Lipinski definition) is 2. The minimum absolute atomic E-state index is 0.287. The Bertz CT molecular complexity index is 167. The highest BCUT2D eigenvalue weighted by atomic mass is 15.1. The number of aryl methyl sites for hydroxylation is 1. The molecule has 10 heavy (non-hydrogen) atoms. The highest BCUT2D eigenvalue weighted by Gasteiger charge is 1.96. The van der Waals surface area contributed by atoms with Gasteiger partial charge in [-0.15, -0.1) is 0 Å². The number of nitrogens with zero attached hydrogens (tertiary/aromatic N) is 1. The minimum Gasteiger partial charge on any atom is -0.328 e. The molecule has 0 spiro atoms. The van der Waals surface area contributed by atoms with Crippen LogP contribution in [0.1, 0.15) is 18.9 Å². The zero-order valence-electron chi connectivity index (χ0n) is 6.17. The Morgan fingerprint density at radius 2 is 2.60 bits per heavy atom. The largest absolute Gasteiger partial charge is 0.328 e. The third-order valence-electron chi connectivity index (χ3n) is 1.44. The van der Waals surface area contributed by atoms with Crippen molar-refractivity contribution in [3.05, 3.63) is 18.0 Å². The molecule has 1 atom stereocenters. The Morgan fingerprint density at radius 3 is 3.10 bits per heavy atom. The third-order valence-corrected chi connectivity index (χ3v) is 1.44. The molecule has 56 valence electrons. The Labute approximate surface area is 60.6 Å². The number of rotatable bonds is 3. The Morgan fingerprint density at radius 1 is 1.80 bits per heavy atom. The standard InChI is InChI=1S/C7H13N3/c1-6(8)2-3-7-4-9-10-5-7/h4-6H,2-3,8H2,1H3,(H,9,10). The summed E-state index contributed by atoms with van der Waals surface area (Å²) in [5, 5.41) is 6.60. The first-order chi connectivity index (χ1) is 4.79. The summed E-state index contributed by atoms with van der Waals surface area (Å²) in [4.78, 5) is 0. The molecule has 0 aliphatic heterocycles. The average Bonchev–Trinajstić information content (AvgIpc) is 2.34. The number of aromatic nitrogens is 2. The van der Waals surface area contributed by atoms with Gasteiger partial charge in [-0.2, -0.15) is 5.10 Å². The molecule has 1 aromatic heterocycles. The van der Waals surface area contributed by atoms with Crippen LogP contribution < -0.4 is 5.73 Å². The van der Waals surface area contributed by atoms with Gasteiger partial charge in [0, 0.05) is 12.2 Å². The lowest BCUT2D eigenvalue weighted by Gasteiger charge is -2.00. The maximum Gasteiger partial charge on any atom is 0.0519 e. The molecule has 0 amide bonds. The van der Waals surface area contributed by atoms with Crippen LogP contribution in [0.25, 0.3) is 0 Å². The molecule has 0 radical (unpaired) electrons. The van der Waals surface area contributed by atoms with Crippen molar-refractivity contribution in [3.8, 4) is 0 Å². The zero-order chi connectivity index (χ0) is 7.40. The van der Waals surface area contributed by atoms with Crippen LogP contribution in [0, 0.1) is 0 Å². The fourth-order valence-electron chi connectivity index (χ4n) is 0.809. The second kappa shape index (κ2) is 3.37. The molecular weight excluding hydrogens is 126 g/mol. The molecule has 0 bridgehead atoms. The molecule has 3 heteroatoms. The monoisotopic (exact) mass is 139 g/mol. The normalized spacial score (nSPS) is 13.4. The van der Waals surface area contributed by atoms with E-state index >= 15 is 0 Å². The SMILES string of the molecule is CC(N)CCc1cn[nH]c1. The van der Waals surface area contributed by atoms with Gasteiger partial charge in [-0.1, -0.05) is 0 Å². The molecule has 0 fully saturated rings. The Balaban J connectivity index is 2.28. The van der Waals surface area contributed by atoms with Gasteiger partial charge in [0.1, 0.15) is 0 Å². The van der Waals surface area contributed by atoms with Gasteiger partial charge < -0.3 is 5.73 Å². The van der Waals surface area contributed by atoms with Crippen LogP contribution >= 0.6 is 0 Å². The lowest BCUT2D eigenvalue weighted by Crippen LogP contribution is -2.15. The molecule has 0 aliphatic carbocycles. The summed E-state index contributed by atoms with van der Waals surface area (Å²) >= 11 is 0. The van der Waals surface area contributed by atoms with Gasteiger partial charge in [0.25, 0.3) is 0 Å². The number of aromatic amines is 1. The second-order valence-corrected chi connectivity index (χ2v) is 2.62. The van der Waals surface area contributed by atoms with Crippen molar-refractivity contribution in [2.75, 3.05) is 0 Å². The lowest BCUT2D eigenvalue weighted by molar-refractivity contribution is 0.666. The van der Waals surface area contributed by atoms with Crippen LogP contribution in [0.4, 0.5) is 0 Å². The predicted molar refractivity (Wildman–Crippen MR) is 40.6 cm³/mol. The molecular formula is C7H13N3. The van der Waals surface area contributed by atoms with Crippen LogP contribution in [0.2, 0.25) is 0 Å². The van der Waals surface area contributed by atoms with Crippen molar-refractivity contribution in [2.24, 2.45) is 5.73 Å². The first-order valence-corrected chi connectivity index (χ1v) is 3.52.